The van der Waals surface area contributed by atoms with E-state index in [2.05, 4.69) is 4.72 Å². The van der Waals surface area contributed by atoms with Gasteiger partial charge in [0, 0.05) is 19.7 Å². The lowest BCUT2D eigenvalue weighted by Gasteiger charge is -2.26. The van der Waals surface area contributed by atoms with Gasteiger partial charge in [-0.15, -0.1) is 0 Å². The molecule has 6 nitrogen and oxygen atoms in total. The number of piperidine rings is 1. The third-order valence-corrected chi connectivity index (χ3v) is 4.62. The van der Waals surface area contributed by atoms with Gasteiger partial charge < -0.3 is 4.74 Å². The number of hydrogen-bond acceptors (Lipinski definition) is 4. The highest BCUT2D eigenvalue weighted by atomic mass is 32.2. The van der Waals surface area contributed by atoms with Crippen LogP contribution in [0.25, 0.3) is 0 Å². The van der Waals surface area contributed by atoms with E-state index < -0.39 is 22.2 Å². The molecule has 1 fully saturated rings. The van der Waals surface area contributed by atoms with Crippen LogP contribution in [-0.2, 0) is 19.7 Å². The van der Waals surface area contributed by atoms with Crippen LogP contribution in [0, 0.1) is 0 Å². The molecule has 0 spiro atoms. The van der Waals surface area contributed by atoms with E-state index in [1.165, 1.54) is 4.31 Å². The Bertz CT molecular complexity index is 377. The SMILES string of the molecule is CCCCO[C@@H](C)C(=O)NS(=O)(=O)N1CCCCC1. The van der Waals surface area contributed by atoms with Crippen LogP contribution in [0.15, 0.2) is 0 Å². The number of nitrogens with zero attached hydrogens (tertiary/aromatic N) is 1. The van der Waals surface area contributed by atoms with E-state index in [9.17, 15) is 13.2 Å². The van der Waals surface area contributed by atoms with E-state index in [-0.39, 0.29) is 0 Å². The minimum atomic E-state index is -3.70. The molecule has 0 aliphatic carbocycles. The summed E-state index contributed by atoms with van der Waals surface area (Å²) in [6.45, 7) is 5.02. The molecule has 7 heteroatoms. The number of unbranched alkanes of at least 4 members (excludes halogenated alkanes) is 1. The molecule has 0 radical (unpaired) electrons. The van der Waals surface area contributed by atoms with Crippen molar-refractivity contribution in [1.29, 1.82) is 0 Å². The molecule has 0 unspecified atom stereocenters. The molecule has 1 amide bonds. The maximum Gasteiger partial charge on any atom is 0.303 e. The Balaban J connectivity index is 2.45. The number of nitrogens with one attached hydrogen (secondary N) is 1. The average molecular weight is 292 g/mol. The second-order valence-electron chi connectivity index (χ2n) is 4.80. The van der Waals surface area contributed by atoms with Gasteiger partial charge in [0.25, 0.3) is 5.91 Å². The number of carbonyl (C=O) groups is 1. The third-order valence-electron chi connectivity index (χ3n) is 3.12. The molecule has 1 atom stereocenters. The van der Waals surface area contributed by atoms with E-state index in [0.717, 1.165) is 32.1 Å². The fourth-order valence-electron chi connectivity index (χ4n) is 1.86. The van der Waals surface area contributed by atoms with E-state index in [1.807, 2.05) is 6.92 Å². The van der Waals surface area contributed by atoms with Gasteiger partial charge in [0.05, 0.1) is 0 Å². The lowest BCUT2D eigenvalue weighted by molar-refractivity contribution is -0.129. The molecule has 0 aromatic carbocycles. The maximum absolute atomic E-state index is 12.0. The summed E-state index contributed by atoms with van der Waals surface area (Å²) in [6, 6.07) is 0. The van der Waals surface area contributed by atoms with Gasteiger partial charge in [0.15, 0.2) is 0 Å². The molecule has 1 rings (SSSR count). The monoisotopic (exact) mass is 292 g/mol. The molecule has 0 saturated carbocycles. The Hall–Kier alpha value is -0.660. The normalized spacial score (nSPS) is 19.1. The van der Waals surface area contributed by atoms with Crippen LogP contribution in [0.2, 0.25) is 0 Å². The van der Waals surface area contributed by atoms with Gasteiger partial charge in [-0.3, -0.25) is 4.79 Å². The van der Waals surface area contributed by atoms with Gasteiger partial charge in [-0.1, -0.05) is 19.8 Å². The number of rotatable bonds is 7. The third kappa shape index (κ3) is 5.46. The predicted octanol–water partition coefficient (Wildman–Crippen LogP) is 1.04. The fraction of sp³-hybridized carbons (Fsp3) is 0.917. The Labute approximate surface area is 115 Å². The molecule has 1 heterocycles. The van der Waals surface area contributed by atoms with Gasteiger partial charge in [0.2, 0.25) is 0 Å². The van der Waals surface area contributed by atoms with Crippen molar-refractivity contribution in [1.82, 2.24) is 9.03 Å². The van der Waals surface area contributed by atoms with Crippen LogP contribution in [0.1, 0.15) is 46.0 Å². The molecule has 112 valence electrons. The van der Waals surface area contributed by atoms with Crippen LogP contribution in [-0.4, -0.2) is 44.4 Å². The standard InChI is InChI=1S/C12H24N2O4S/c1-3-4-10-18-11(2)12(15)13-19(16,17)14-8-6-5-7-9-14/h11H,3-10H2,1-2H3,(H,13,15)/t11-/m0/s1. The highest BCUT2D eigenvalue weighted by Gasteiger charge is 2.27. The summed E-state index contributed by atoms with van der Waals surface area (Å²) in [5.41, 5.74) is 0. The van der Waals surface area contributed by atoms with E-state index in [0.29, 0.717) is 19.7 Å². The van der Waals surface area contributed by atoms with Crippen molar-refractivity contribution in [3.05, 3.63) is 0 Å². The number of hydrogen-bond donors (Lipinski definition) is 1. The van der Waals surface area contributed by atoms with Crippen molar-refractivity contribution in [3.63, 3.8) is 0 Å². The van der Waals surface area contributed by atoms with Crippen molar-refractivity contribution < 1.29 is 17.9 Å². The quantitative estimate of drug-likeness (QED) is 0.711. The number of amides is 1. The summed E-state index contributed by atoms with van der Waals surface area (Å²) in [5, 5.41) is 0. The van der Waals surface area contributed by atoms with Crippen LogP contribution < -0.4 is 4.72 Å². The van der Waals surface area contributed by atoms with Crippen LogP contribution in [0.5, 0.6) is 0 Å². The fourth-order valence-corrected chi connectivity index (χ4v) is 3.15. The number of ether oxygens (including phenoxy) is 1. The van der Waals surface area contributed by atoms with E-state index >= 15 is 0 Å². The van der Waals surface area contributed by atoms with Crippen molar-refractivity contribution >= 4 is 16.1 Å². The molecule has 1 N–H and O–H groups in total. The first-order valence-corrected chi connectivity index (χ1v) is 8.34. The van der Waals surface area contributed by atoms with Crippen molar-refractivity contribution in [2.45, 2.75) is 52.1 Å². The molecule has 19 heavy (non-hydrogen) atoms. The van der Waals surface area contributed by atoms with Crippen molar-refractivity contribution in [2.75, 3.05) is 19.7 Å². The minimum absolute atomic E-state index is 0.467. The van der Waals surface area contributed by atoms with Crippen molar-refractivity contribution in [2.24, 2.45) is 0 Å². The van der Waals surface area contributed by atoms with E-state index in [4.69, 9.17) is 4.74 Å². The van der Waals surface area contributed by atoms with Crippen molar-refractivity contribution in [3.8, 4) is 0 Å². The second-order valence-corrected chi connectivity index (χ2v) is 6.47. The topological polar surface area (TPSA) is 75.7 Å². The summed E-state index contributed by atoms with van der Waals surface area (Å²) in [4.78, 5) is 11.8. The molecular weight excluding hydrogens is 268 g/mol. The van der Waals surface area contributed by atoms with Gasteiger partial charge >= 0.3 is 10.2 Å². The predicted molar refractivity (Wildman–Crippen MR) is 72.8 cm³/mol. The molecular formula is C12H24N2O4S. The summed E-state index contributed by atoms with van der Waals surface area (Å²) in [5.74, 6) is -0.596. The lowest BCUT2D eigenvalue weighted by Crippen LogP contribution is -2.48. The summed E-state index contributed by atoms with van der Waals surface area (Å²) < 4.78 is 32.6. The zero-order valence-electron chi connectivity index (χ0n) is 11.7. The minimum Gasteiger partial charge on any atom is -0.369 e. The van der Waals surface area contributed by atoms with Gasteiger partial charge in [-0.05, 0) is 26.2 Å². The average Bonchev–Trinajstić information content (AvgIpc) is 2.39. The molecule has 1 aliphatic rings. The summed E-state index contributed by atoms with van der Waals surface area (Å²) in [6.07, 6.45) is 3.81. The highest BCUT2D eigenvalue weighted by molar-refractivity contribution is 7.87. The first-order chi connectivity index (χ1) is 8.97. The first-order valence-electron chi connectivity index (χ1n) is 6.90. The Morgan fingerprint density at radius 3 is 2.53 bits per heavy atom. The molecule has 0 aromatic heterocycles. The smallest absolute Gasteiger partial charge is 0.303 e. The Morgan fingerprint density at radius 2 is 1.95 bits per heavy atom. The summed E-state index contributed by atoms with van der Waals surface area (Å²) in [7, 11) is -3.70. The first kappa shape index (κ1) is 16.4. The molecule has 0 bridgehead atoms. The number of carbonyl (C=O) groups excluding carboxylic acids is 1. The Kier molecular flexibility index (Phi) is 6.74. The largest absolute Gasteiger partial charge is 0.369 e. The lowest BCUT2D eigenvalue weighted by atomic mass is 10.2. The summed E-state index contributed by atoms with van der Waals surface area (Å²) >= 11 is 0. The highest BCUT2D eigenvalue weighted by Crippen LogP contribution is 2.12. The zero-order chi connectivity index (χ0) is 14.3. The molecule has 1 aliphatic heterocycles. The zero-order valence-corrected chi connectivity index (χ0v) is 12.5. The van der Waals surface area contributed by atoms with Gasteiger partial charge in [0.1, 0.15) is 6.10 Å². The van der Waals surface area contributed by atoms with Gasteiger partial charge in [-0.25, -0.2) is 4.72 Å². The van der Waals surface area contributed by atoms with Gasteiger partial charge in [-0.2, -0.15) is 12.7 Å². The molecule has 0 aromatic rings. The Morgan fingerprint density at radius 1 is 1.32 bits per heavy atom. The maximum atomic E-state index is 12.0. The second kappa shape index (κ2) is 7.81. The molecule has 1 saturated heterocycles. The van der Waals surface area contributed by atoms with Crippen LogP contribution in [0.3, 0.4) is 0 Å². The van der Waals surface area contributed by atoms with Crippen LogP contribution >= 0.6 is 0 Å². The van der Waals surface area contributed by atoms with E-state index in [1.54, 1.807) is 6.92 Å². The van der Waals surface area contributed by atoms with Crippen LogP contribution in [0.4, 0.5) is 0 Å².